The number of carbonyl (C=O) groups excluding carboxylic acids is 1. The molecular weight excluding hydrogens is 380 g/mol. The van der Waals surface area contributed by atoms with Crippen LogP contribution in [0, 0.1) is 18.3 Å². The lowest BCUT2D eigenvalue weighted by molar-refractivity contribution is 0.0950. The van der Waals surface area contributed by atoms with Crippen LogP contribution < -0.4 is 4.90 Å². The number of pyridine rings is 1. The van der Waals surface area contributed by atoms with E-state index < -0.39 is 0 Å². The lowest BCUT2D eigenvalue weighted by Crippen LogP contribution is -2.49. The van der Waals surface area contributed by atoms with Gasteiger partial charge in [-0.3, -0.25) is 14.7 Å². The third-order valence-electron chi connectivity index (χ3n) is 5.71. The molecule has 2 aromatic rings. The van der Waals surface area contributed by atoms with E-state index in [4.69, 9.17) is 5.26 Å². The number of nitrogens with zero attached hydrogens (tertiary/aromatic N) is 4. The summed E-state index contributed by atoms with van der Waals surface area (Å²) < 4.78 is 0. The first-order chi connectivity index (χ1) is 14.0. The van der Waals surface area contributed by atoms with Crippen molar-refractivity contribution < 1.29 is 4.79 Å². The van der Waals surface area contributed by atoms with Crippen LogP contribution in [0.1, 0.15) is 42.1 Å². The predicted molar refractivity (Wildman–Crippen MR) is 118 cm³/mol. The molecule has 0 N–H and O–H groups in total. The zero-order valence-corrected chi connectivity index (χ0v) is 18.2. The number of aryl methyl sites for hydroxylation is 1. The van der Waals surface area contributed by atoms with Crippen LogP contribution in [0.25, 0.3) is 0 Å². The Bertz CT molecular complexity index is 869. The van der Waals surface area contributed by atoms with Gasteiger partial charge in [0.2, 0.25) is 0 Å². The molecule has 1 aromatic heterocycles. The molecule has 6 heteroatoms. The third kappa shape index (κ3) is 4.98. The molecule has 3 rings (SSSR count). The Kier molecular flexibility index (Phi) is 7.29. The van der Waals surface area contributed by atoms with E-state index in [-0.39, 0.29) is 18.0 Å². The number of aromatic nitrogens is 1. The molecule has 0 aliphatic carbocycles. The molecular formula is C23H28N4OS. The molecule has 1 unspecified atom stereocenters. The molecule has 2 heterocycles. The summed E-state index contributed by atoms with van der Waals surface area (Å²) in [6.07, 6.45) is 7.77. The number of piperidine rings is 1. The second kappa shape index (κ2) is 9.91. The molecule has 0 saturated carbocycles. The maximum atomic E-state index is 13.6. The molecule has 152 valence electrons. The number of carbonyl (C=O) groups is 1. The summed E-state index contributed by atoms with van der Waals surface area (Å²) in [7, 11) is 0. The van der Waals surface area contributed by atoms with Crippen molar-refractivity contribution in [1.82, 2.24) is 9.88 Å². The summed E-state index contributed by atoms with van der Waals surface area (Å²) in [6, 6.07) is 12.8. The molecule has 1 aliphatic heterocycles. The fraction of sp³-hybridized carbons (Fsp3) is 0.435. The summed E-state index contributed by atoms with van der Waals surface area (Å²) in [5.41, 5.74) is 2.53. The van der Waals surface area contributed by atoms with Crippen LogP contribution in [0.5, 0.6) is 0 Å². The van der Waals surface area contributed by atoms with Crippen LogP contribution in [0.3, 0.4) is 0 Å². The molecule has 29 heavy (non-hydrogen) atoms. The van der Waals surface area contributed by atoms with E-state index in [1.165, 1.54) is 4.90 Å². The van der Waals surface area contributed by atoms with Crippen molar-refractivity contribution in [2.45, 2.75) is 50.1 Å². The highest BCUT2D eigenvalue weighted by molar-refractivity contribution is 7.98. The molecule has 1 amide bonds. The monoisotopic (exact) mass is 408 g/mol. The zero-order chi connectivity index (χ0) is 20.8. The maximum absolute atomic E-state index is 13.6. The van der Waals surface area contributed by atoms with Gasteiger partial charge in [-0.05, 0) is 68.8 Å². The van der Waals surface area contributed by atoms with E-state index in [2.05, 4.69) is 41.3 Å². The normalized spacial score (nSPS) is 16.2. The zero-order valence-electron chi connectivity index (χ0n) is 17.3. The van der Waals surface area contributed by atoms with Gasteiger partial charge in [0.25, 0.3) is 5.91 Å². The summed E-state index contributed by atoms with van der Waals surface area (Å²) in [4.78, 5) is 23.2. The van der Waals surface area contributed by atoms with Crippen molar-refractivity contribution in [3.05, 3.63) is 53.9 Å². The van der Waals surface area contributed by atoms with Crippen LogP contribution in [0.4, 0.5) is 5.69 Å². The number of benzene rings is 1. The standard InChI is InChI=1S/C23H28N4OS/c1-17-9-13-25-16-22(17)23(28)27(19-4-6-21(29-3)7-5-19)20-10-14-26(15-11-20)18(2)8-12-24/h4-7,9,13,16,18,20H,8,10-11,14-15H2,1-3H3. The summed E-state index contributed by atoms with van der Waals surface area (Å²) >= 11 is 1.69. The number of nitriles is 1. The van der Waals surface area contributed by atoms with Gasteiger partial charge in [0.1, 0.15) is 0 Å². The minimum absolute atomic E-state index is 0.0102. The number of likely N-dealkylation sites (tertiary alicyclic amines) is 1. The first-order valence-corrected chi connectivity index (χ1v) is 11.3. The number of hydrogen-bond acceptors (Lipinski definition) is 5. The Balaban J connectivity index is 1.86. The highest BCUT2D eigenvalue weighted by atomic mass is 32.2. The SMILES string of the molecule is CSc1ccc(N(C(=O)c2cnccc2C)C2CCN(C(C)CC#N)CC2)cc1. The number of hydrogen-bond donors (Lipinski definition) is 0. The number of amides is 1. The van der Waals surface area contributed by atoms with Gasteiger partial charge >= 0.3 is 0 Å². The van der Waals surface area contributed by atoms with E-state index in [0.29, 0.717) is 12.0 Å². The van der Waals surface area contributed by atoms with E-state index in [0.717, 1.165) is 37.2 Å². The lowest BCUT2D eigenvalue weighted by Gasteiger charge is -2.40. The molecule has 0 radical (unpaired) electrons. The van der Waals surface area contributed by atoms with E-state index >= 15 is 0 Å². The largest absolute Gasteiger partial charge is 0.305 e. The molecule has 1 saturated heterocycles. The molecule has 0 bridgehead atoms. The average Bonchev–Trinajstić information content (AvgIpc) is 2.75. The molecule has 0 spiro atoms. The number of thioether (sulfide) groups is 1. The average molecular weight is 409 g/mol. The van der Waals surface area contributed by atoms with Gasteiger partial charge in [-0.2, -0.15) is 5.26 Å². The molecule has 1 aromatic carbocycles. The second-order valence-electron chi connectivity index (χ2n) is 7.54. The van der Waals surface area contributed by atoms with Gasteiger partial charge in [-0.25, -0.2) is 0 Å². The van der Waals surface area contributed by atoms with E-state index in [1.54, 1.807) is 24.2 Å². The first kappa shape index (κ1) is 21.4. The predicted octanol–water partition coefficient (Wildman–Crippen LogP) is 4.53. The smallest absolute Gasteiger partial charge is 0.260 e. The fourth-order valence-electron chi connectivity index (χ4n) is 3.90. The Labute approximate surface area is 177 Å². The quantitative estimate of drug-likeness (QED) is 0.658. The molecule has 1 aliphatic rings. The maximum Gasteiger partial charge on any atom is 0.260 e. The van der Waals surface area contributed by atoms with Crippen LogP contribution in [0.2, 0.25) is 0 Å². The highest BCUT2D eigenvalue weighted by Gasteiger charge is 2.31. The highest BCUT2D eigenvalue weighted by Crippen LogP contribution is 2.29. The van der Waals surface area contributed by atoms with Crippen LogP contribution >= 0.6 is 11.8 Å². The fourth-order valence-corrected chi connectivity index (χ4v) is 4.31. The Morgan fingerprint density at radius 2 is 2.00 bits per heavy atom. The lowest BCUT2D eigenvalue weighted by atomic mass is 9.98. The van der Waals surface area contributed by atoms with Crippen molar-refractivity contribution in [2.24, 2.45) is 0 Å². The van der Waals surface area contributed by atoms with Crippen molar-refractivity contribution in [1.29, 1.82) is 5.26 Å². The Morgan fingerprint density at radius 1 is 1.31 bits per heavy atom. The van der Waals surface area contributed by atoms with Crippen LogP contribution in [0.15, 0.2) is 47.6 Å². The van der Waals surface area contributed by atoms with E-state index in [9.17, 15) is 4.79 Å². The summed E-state index contributed by atoms with van der Waals surface area (Å²) in [5.74, 6) is 0.0102. The van der Waals surface area contributed by atoms with E-state index in [1.807, 2.05) is 30.0 Å². The van der Waals surface area contributed by atoms with Gasteiger partial charge in [0, 0.05) is 48.1 Å². The minimum atomic E-state index is 0.0102. The van der Waals surface area contributed by atoms with Crippen LogP contribution in [-0.2, 0) is 0 Å². The van der Waals surface area contributed by atoms with Gasteiger partial charge in [0.15, 0.2) is 0 Å². The van der Waals surface area contributed by atoms with Crippen molar-refractivity contribution in [3.63, 3.8) is 0 Å². The van der Waals surface area contributed by atoms with Gasteiger partial charge in [-0.15, -0.1) is 11.8 Å². The van der Waals surface area contributed by atoms with Crippen molar-refractivity contribution >= 4 is 23.4 Å². The molecule has 5 nitrogen and oxygen atoms in total. The molecule has 1 fully saturated rings. The third-order valence-corrected chi connectivity index (χ3v) is 6.46. The van der Waals surface area contributed by atoms with Gasteiger partial charge < -0.3 is 4.90 Å². The van der Waals surface area contributed by atoms with Gasteiger partial charge in [-0.1, -0.05) is 0 Å². The van der Waals surface area contributed by atoms with Gasteiger partial charge in [0.05, 0.1) is 18.1 Å². The number of anilines is 1. The van der Waals surface area contributed by atoms with Crippen molar-refractivity contribution in [3.8, 4) is 6.07 Å². The topological polar surface area (TPSA) is 60.2 Å². The first-order valence-electron chi connectivity index (χ1n) is 10.0. The Morgan fingerprint density at radius 3 is 2.59 bits per heavy atom. The summed E-state index contributed by atoms with van der Waals surface area (Å²) in [6.45, 7) is 5.85. The Hall–Kier alpha value is -2.36. The van der Waals surface area contributed by atoms with Crippen molar-refractivity contribution in [2.75, 3.05) is 24.2 Å². The minimum Gasteiger partial charge on any atom is -0.305 e. The summed E-state index contributed by atoms with van der Waals surface area (Å²) in [5, 5.41) is 8.99. The second-order valence-corrected chi connectivity index (χ2v) is 8.42. The molecule has 1 atom stereocenters. The number of rotatable bonds is 6. The van der Waals surface area contributed by atoms with Crippen LogP contribution in [-0.4, -0.2) is 47.2 Å².